The summed E-state index contributed by atoms with van der Waals surface area (Å²) in [4.78, 5) is 0. The van der Waals surface area contributed by atoms with E-state index < -0.39 is 140 Å². The molecule has 0 unspecified atom stereocenters. The predicted molar refractivity (Wildman–Crippen MR) is 12.3 cm³/mol. The molecule has 0 aliphatic rings. The zero-order valence-electron chi connectivity index (χ0n) is 10.1. The van der Waals surface area contributed by atoms with E-state index in [-0.39, 0.29) is 0 Å². The molecule has 25 heteroatoms. The van der Waals surface area contributed by atoms with E-state index in [9.17, 15) is 41.2 Å². The van der Waals surface area contributed by atoms with Crippen LogP contribution in [-0.2, 0) is 12.6 Å². The van der Waals surface area contributed by atoms with E-state index in [2.05, 4.69) is 12.6 Å². The van der Waals surface area contributed by atoms with Crippen LogP contribution in [0, 0.1) is 0 Å². The van der Waals surface area contributed by atoms with Crippen LogP contribution in [0.5, 0.6) is 0 Å². The third-order valence-electron chi connectivity index (χ3n) is 1.32. The van der Waals surface area contributed by atoms with Gasteiger partial charge in [-0.1, -0.05) is 0 Å². The molecule has 0 aromatic carbocycles. The van der Waals surface area contributed by atoms with Gasteiger partial charge in [-0.25, -0.2) is 0 Å². The summed E-state index contributed by atoms with van der Waals surface area (Å²) in [5.41, 5.74) is 0. The summed E-state index contributed by atoms with van der Waals surface area (Å²) < 4.78 is 154. The van der Waals surface area contributed by atoms with Crippen molar-refractivity contribution in [2.75, 3.05) is 0 Å². The Labute approximate surface area is 189 Å². The molecule has 0 saturated carbocycles. The van der Waals surface area contributed by atoms with E-state index in [1.807, 2.05) is 0 Å². The first-order valence-electron chi connectivity index (χ1n) is 4.00. The fraction of sp³-hybridized carbons (Fsp3) is 0. The van der Waals surface area contributed by atoms with Crippen LogP contribution in [0.3, 0.4) is 0 Å². The van der Waals surface area contributed by atoms with Crippen molar-refractivity contribution in [3.05, 3.63) is 0 Å². The molecule has 0 atom stereocenters. The normalized spacial score (nSPS) is 16.6. The van der Waals surface area contributed by atoms with E-state index >= 15 is 0 Å². The van der Waals surface area contributed by atoms with E-state index in [0.29, 0.717) is 0 Å². The predicted octanol–water partition coefficient (Wildman–Crippen LogP) is -33.0. The monoisotopic (exact) mass is 1120 g/mol. The van der Waals surface area contributed by atoms with E-state index in [4.69, 9.17) is 0 Å². The molecule has 0 N–H and O–H groups in total. The fourth-order valence-corrected chi connectivity index (χ4v) is 68.6. The van der Waals surface area contributed by atoms with Crippen molar-refractivity contribution in [1.29, 1.82) is 0 Å². The van der Waals surface area contributed by atoms with Gasteiger partial charge in [0.15, 0.2) is 0 Å². The summed E-state index contributed by atoms with van der Waals surface area (Å²) in [6, 6.07) is 0. The molecule has 0 aliphatic heterocycles. The Bertz CT molecular complexity index is 305. The van der Waals surface area contributed by atoms with Crippen LogP contribution in [0.15, 0.2) is 0 Å². The van der Waals surface area contributed by atoms with Gasteiger partial charge in [0.05, 0.1) is 0 Å². The maximum atomic E-state index is 11.0. The molecule has 18 nitrogen and oxygen atoms in total. The molecular weight excluding hydrogens is 1120 g/mol. The molecule has 0 rings (SSSR count). The molecule has 0 radical (unpaired) electrons. The maximum absolute atomic E-state index is 11.0. The standard InChI is InChI=1S/GeI6O18/c8-2(9)20-1(21-3(10)11,22-4(12)13,23-5(14)15,24-6(16)17)25-7(18)19/q-2. The average molecular weight is 1120 g/mol. The van der Waals surface area contributed by atoms with Gasteiger partial charge in [-0.15, -0.1) is 0 Å². The van der Waals surface area contributed by atoms with Crippen molar-refractivity contribution in [3.63, 3.8) is 0 Å². The van der Waals surface area contributed by atoms with E-state index in [1.165, 1.54) is 0 Å². The van der Waals surface area contributed by atoms with Crippen LogP contribution >= 0.6 is 0 Å². The van der Waals surface area contributed by atoms with Gasteiger partial charge in [0, 0.05) is 0 Å². The van der Waals surface area contributed by atoms with Gasteiger partial charge in [0.25, 0.3) is 0 Å². The summed E-state index contributed by atoms with van der Waals surface area (Å²) in [6.45, 7) is 0. The average Bonchev–Trinajstić information content (AvgIpc) is 2.18. The topological polar surface area (TPSA) is 332 Å². The summed E-state index contributed by atoms with van der Waals surface area (Å²) in [6.07, 6.45) is 0. The van der Waals surface area contributed by atoms with Crippen molar-refractivity contribution < 1.29 is 180 Å². The van der Waals surface area contributed by atoms with E-state index in [1.54, 1.807) is 0 Å². The van der Waals surface area contributed by atoms with Gasteiger partial charge in [-0.2, -0.15) is 0 Å². The second kappa shape index (κ2) is 11.2. The minimum absolute atomic E-state index is 3.69. The van der Waals surface area contributed by atoms with Gasteiger partial charge in [0.2, 0.25) is 0 Å². The molecule has 0 fully saturated rings. The molecule has 0 aromatic rings. The molecular formula is GeI6O18-2. The van der Waals surface area contributed by atoms with Crippen LogP contribution in [-0.4, -0.2) is 13.1 Å². The fourth-order valence-electron chi connectivity index (χ4n) is 0.950. The molecule has 0 aliphatic carbocycles. The Hall–Kier alpha value is 4.20. The molecule has 0 spiro atoms. The zero-order valence-corrected chi connectivity index (χ0v) is 25.2. The van der Waals surface area contributed by atoms with Crippen LogP contribution < -0.4 is 168 Å². The van der Waals surface area contributed by atoms with Gasteiger partial charge in [-0.05, 0) is 0 Å². The SMILES string of the molecule is [O-][I+2]([O-])[O][Ge-2]([O][I+2]([O-])[O-])([O][I+2]([O-])[O-])([O][I+2]([O-])[O-])([O][I+2]([O-])[O-])[O][I+2]([O-])[O-]. The van der Waals surface area contributed by atoms with Crippen LogP contribution in [0.2, 0.25) is 0 Å². The Balaban J connectivity index is 6.98. The van der Waals surface area contributed by atoms with Crippen LogP contribution in [0.25, 0.3) is 0 Å². The molecule has 156 valence electrons. The first-order valence-corrected chi connectivity index (χ1v) is 25.0. The van der Waals surface area contributed by atoms with Gasteiger partial charge < -0.3 is 0 Å². The van der Waals surface area contributed by atoms with Gasteiger partial charge in [-0.3, -0.25) is 0 Å². The summed E-state index contributed by atoms with van der Waals surface area (Å²) >= 11 is -44.0. The second-order valence-electron chi connectivity index (χ2n) is 2.85. The van der Waals surface area contributed by atoms with E-state index in [0.717, 1.165) is 0 Å². The minimum atomic E-state index is -9.67. The number of hydrogen-bond donors (Lipinski definition) is 0. The molecule has 0 saturated heterocycles. The number of hydrogen-bond acceptors (Lipinski definition) is 18. The summed E-state index contributed by atoms with van der Waals surface area (Å²) in [5, 5.41) is 0. The first-order chi connectivity index (χ1) is 11.1. The number of halogens is 6. The third kappa shape index (κ3) is 9.07. The van der Waals surface area contributed by atoms with Crippen molar-refractivity contribution in [3.8, 4) is 0 Å². The Kier molecular flexibility index (Phi) is 13.1. The summed E-state index contributed by atoms with van der Waals surface area (Å²) in [7, 11) is 0. The van der Waals surface area contributed by atoms with Crippen LogP contribution in [0.1, 0.15) is 0 Å². The van der Waals surface area contributed by atoms with Crippen molar-refractivity contribution in [2.24, 2.45) is 0 Å². The Morgan fingerprint density at radius 2 is 0.440 bits per heavy atom. The quantitative estimate of drug-likeness (QED) is 0.129. The molecule has 0 heterocycles. The summed E-state index contributed by atoms with van der Waals surface area (Å²) in [5.74, 6) is 0. The molecule has 25 heavy (non-hydrogen) atoms. The zero-order chi connectivity index (χ0) is 20.1. The molecule has 0 amide bonds. The van der Waals surface area contributed by atoms with Crippen molar-refractivity contribution in [1.82, 2.24) is 0 Å². The van der Waals surface area contributed by atoms with Gasteiger partial charge >= 0.3 is 193 Å². The van der Waals surface area contributed by atoms with Crippen LogP contribution in [0.4, 0.5) is 0 Å². The van der Waals surface area contributed by atoms with Gasteiger partial charge in [0.1, 0.15) is 0 Å². The first kappa shape index (κ1) is 29.2. The number of rotatable bonds is 12. The second-order valence-corrected chi connectivity index (χ2v) is 30.2. The molecule has 0 bridgehead atoms. The van der Waals surface area contributed by atoms with Crippen molar-refractivity contribution in [2.45, 2.75) is 0 Å². The molecule has 0 aromatic heterocycles. The Morgan fingerprint density at radius 3 is 0.520 bits per heavy atom. The third-order valence-corrected chi connectivity index (χ3v) is 46.1. The Morgan fingerprint density at radius 1 is 0.320 bits per heavy atom. The van der Waals surface area contributed by atoms with Crippen molar-refractivity contribution >= 4 is 13.1 Å².